The Balaban J connectivity index is 1.68. The number of aryl methyl sites for hydroxylation is 1. The average molecular weight is 316 g/mol. The van der Waals surface area contributed by atoms with Crippen LogP contribution < -0.4 is 10.9 Å². The summed E-state index contributed by atoms with van der Waals surface area (Å²) in [6.45, 7) is 1.58. The molecule has 0 saturated heterocycles. The number of methoxy groups -OCH3 is 1. The van der Waals surface area contributed by atoms with Crippen LogP contribution in [0, 0.1) is 0 Å². The maximum absolute atomic E-state index is 12.4. The van der Waals surface area contributed by atoms with Gasteiger partial charge in [0.1, 0.15) is 5.82 Å². The molecule has 7 heteroatoms. The third-order valence-corrected chi connectivity index (χ3v) is 4.05. The van der Waals surface area contributed by atoms with Crippen molar-refractivity contribution in [2.75, 3.05) is 13.7 Å². The van der Waals surface area contributed by atoms with Crippen molar-refractivity contribution in [2.45, 2.75) is 32.0 Å². The molecule has 3 rings (SSSR count). The van der Waals surface area contributed by atoms with Crippen LogP contribution in [0.2, 0.25) is 0 Å². The predicted molar refractivity (Wildman–Crippen MR) is 84.4 cm³/mol. The lowest BCUT2D eigenvalue weighted by atomic mass is 10.1. The van der Waals surface area contributed by atoms with E-state index in [9.17, 15) is 9.59 Å². The van der Waals surface area contributed by atoms with Crippen molar-refractivity contribution in [3.63, 3.8) is 0 Å². The summed E-state index contributed by atoms with van der Waals surface area (Å²) in [6.07, 6.45) is 7.02. The summed E-state index contributed by atoms with van der Waals surface area (Å²) >= 11 is 0. The number of nitrogens with zero attached hydrogens (tertiary/aromatic N) is 3. The molecule has 0 saturated carbocycles. The van der Waals surface area contributed by atoms with Gasteiger partial charge in [-0.1, -0.05) is 0 Å². The van der Waals surface area contributed by atoms with Crippen molar-refractivity contribution in [1.29, 1.82) is 0 Å². The molecule has 1 aliphatic heterocycles. The summed E-state index contributed by atoms with van der Waals surface area (Å²) in [5, 5.41) is 3.03. The van der Waals surface area contributed by atoms with Crippen LogP contribution in [0.1, 0.15) is 22.6 Å². The van der Waals surface area contributed by atoms with Crippen LogP contribution in [0.25, 0.3) is 0 Å². The van der Waals surface area contributed by atoms with Gasteiger partial charge in [0.15, 0.2) is 0 Å². The number of rotatable bonds is 5. The third-order valence-electron chi connectivity index (χ3n) is 4.05. The summed E-state index contributed by atoms with van der Waals surface area (Å²) in [7, 11) is 1.58. The molecule has 0 fully saturated rings. The molecule has 1 amide bonds. The number of carbonyl (C=O) groups is 1. The second-order valence-electron chi connectivity index (χ2n) is 5.65. The quantitative estimate of drug-likeness (QED) is 0.868. The summed E-state index contributed by atoms with van der Waals surface area (Å²) < 4.78 is 8.54. The number of nitrogens with one attached hydrogen (secondary N) is 1. The normalized spacial score (nSPS) is 16.8. The lowest BCUT2D eigenvalue weighted by molar-refractivity contribution is 0.0926. The van der Waals surface area contributed by atoms with E-state index in [0.29, 0.717) is 18.7 Å². The van der Waals surface area contributed by atoms with E-state index >= 15 is 0 Å². The van der Waals surface area contributed by atoms with Crippen LogP contribution in [0.3, 0.4) is 0 Å². The SMILES string of the molecule is COCCn1cc(C(=O)N[C@H]2CCc3nccn3C2)ccc1=O. The Kier molecular flexibility index (Phi) is 4.57. The smallest absolute Gasteiger partial charge is 0.253 e. The molecule has 1 atom stereocenters. The van der Waals surface area contributed by atoms with Crippen LogP contribution in [-0.2, 0) is 24.2 Å². The maximum Gasteiger partial charge on any atom is 0.253 e. The van der Waals surface area contributed by atoms with Crippen LogP contribution in [-0.4, -0.2) is 39.8 Å². The molecular formula is C16H20N4O3. The van der Waals surface area contributed by atoms with E-state index in [1.807, 2.05) is 6.20 Å². The Hall–Kier alpha value is -2.41. The minimum atomic E-state index is -0.162. The van der Waals surface area contributed by atoms with Crippen LogP contribution in [0.5, 0.6) is 0 Å². The molecule has 122 valence electrons. The Labute approximate surface area is 133 Å². The number of hydrogen-bond acceptors (Lipinski definition) is 4. The third kappa shape index (κ3) is 3.50. The Morgan fingerprint density at radius 3 is 3.17 bits per heavy atom. The minimum absolute atomic E-state index is 0.0727. The zero-order valence-corrected chi connectivity index (χ0v) is 13.1. The Morgan fingerprint density at radius 1 is 1.48 bits per heavy atom. The number of ether oxygens (including phenoxy) is 1. The van der Waals surface area contributed by atoms with Crippen molar-refractivity contribution in [3.8, 4) is 0 Å². The lowest BCUT2D eigenvalue weighted by Gasteiger charge is -2.24. The van der Waals surface area contributed by atoms with E-state index in [1.165, 1.54) is 10.6 Å². The molecule has 7 nitrogen and oxygen atoms in total. The highest BCUT2D eigenvalue weighted by Gasteiger charge is 2.21. The maximum atomic E-state index is 12.4. The standard InChI is InChI=1S/C16H20N4O3/c1-23-9-8-20-10-12(2-5-15(20)21)16(22)18-13-3-4-14-17-6-7-19(14)11-13/h2,5-7,10,13H,3-4,8-9,11H2,1H3,(H,18,22)/t13-/m0/s1. The van der Waals surface area contributed by atoms with E-state index in [1.54, 1.807) is 25.6 Å². The first kappa shape index (κ1) is 15.5. The van der Waals surface area contributed by atoms with Crippen molar-refractivity contribution in [3.05, 3.63) is 52.5 Å². The fourth-order valence-electron chi connectivity index (χ4n) is 2.78. The van der Waals surface area contributed by atoms with Crippen LogP contribution in [0.4, 0.5) is 0 Å². The molecule has 0 unspecified atom stereocenters. The van der Waals surface area contributed by atoms with Crippen molar-refractivity contribution < 1.29 is 9.53 Å². The van der Waals surface area contributed by atoms with E-state index in [4.69, 9.17) is 4.74 Å². The van der Waals surface area contributed by atoms with Gasteiger partial charge in [-0.2, -0.15) is 0 Å². The number of carbonyl (C=O) groups excluding carboxylic acids is 1. The number of amides is 1. The highest BCUT2D eigenvalue weighted by Crippen LogP contribution is 2.13. The van der Waals surface area contributed by atoms with Crippen molar-refractivity contribution in [1.82, 2.24) is 19.4 Å². The van der Waals surface area contributed by atoms with Gasteiger partial charge in [-0.05, 0) is 12.5 Å². The molecule has 23 heavy (non-hydrogen) atoms. The van der Waals surface area contributed by atoms with Gasteiger partial charge in [0.2, 0.25) is 0 Å². The predicted octanol–water partition coefficient (Wildman–Crippen LogP) is 0.436. The number of fused-ring (bicyclic) bond motifs is 1. The van der Waals surface area contributed by atoms with Gasteiger partial charge in [0.05, 0.1) is 12.2 Å². The minimum Gasteiger partial charge on any atom is -0.383 e. The largest absolute Gasteiger partial charge is 0.383 e. The fourth-order valence-corrected chi connectivity index (χ4v) is 2.78. The first-order chi connectivity index (χ1) is 11.2. The lowest BCUT2D eigenvalue weighted by Crippen LogP contribution is -2.41. The van der Waals surface area contributed by atoms with E-state index < -0.39 is 0 Å². The second-order valence-corrected chi connectivity index (χ2v) is 5.65. The van der Waals surface area contributed by atoms with Gasteiger partial charge in [-0.15, -0.1) is 0 Å². The Bertz CT molecular complexity index is 750. The van der Waals surface area contributed by atoms with E-state index in [-0.39, 0.29) is 17.5 Å². The summed E-state index contributed by atoms with van der Waals surface area (Å²) in [5.41, 5.74) is 0.344. The highest BCUT2D eigenvalue weighted by molar-refractivity contribution is 5.94. The average Bonchev–Trinajstić information content (AvgIpc) is 3.01. The van der Waals surface area contributed by atoms with E-state index in [2.05, 4.69) is 14.9 Å². The zero-order valence-electron chi connectivity index (χ0n) is 13.1. The molecule has 3 heterocycles. The van der Waals surface area contributed by atoms with Crippen LogP contribution >= 0.6 is 0 Å². The Morgan fingerprint density at radius 2 is 2.35 bits per heavy atom. The number of hydrogen-bond donors (Lipinski definition) is 1. The first-order valence-corrected chi connectivity index (χ1v) is 7.67. The molecule has 0 spiro atoms. The summed E-state index contributed by atoms with van der Waals surface area (Å²) in [4.78, 5) is 28.5. The van der Waals surface area contributed by atoms with Crippen LogP contribution in [0.15, 0.2) is 35.5 Å². The molecule has 2 aromatic rings. The molecule has 1 aliphatic rings. The molecule has 0 aliphatic carbocycles. The van der Waals surface area contributed by atoms with E-state index in [0.717, 1.165) is 25.2 Å². The van der Waals surface area contributed by atoms with Gasteiger partial charge in [0.25, 0.3) is 11.5 Å². The molecule has 0 bridgehead atoms. The molecule has 2 aromatic heterocycles. The monoisotopic (exact) mass is 316 g/mol. The highest BCUT2D eigenvalue weighted by atomic mass is 16.5. The number of imidazole rings is 1. The zero-order chi connectivity index (χ0) is 16.2. The fraction of sp³-hybridized carbons (Fsp3) is 0.438. The molecular weight excluding hydrogens is 296 g/mol. The topological polar surface area (TPSA) is 78.2 Å². The van der Waals surface area contributed by atoms with Gasteiger partial charge in [-0.25, -0.2) is 4.98 Å². The molecule has 0 aromatic carbocycles. The summed E-state index contributed by atoms with van der Waals surface area (Å²) in [5.74, 6) is 0.897. The van der Waals surface area contributed by atoms with Gasteiger partial charge >= 0.3 is 0 Å². The summed E-state index contributed by atoms with van der Waals surface area (Å²) in [6, 6.07) is 3.05. The molecule has 1 N–H and O–H groups in total. The number of aromatic nitrogens is 3. The first-order valence-electron chi connectivity index (χ1n) is 7.67. The van der Waals surface area contributed by atoms with Gasteiger partial charge in [-0.3, -0.25) is 9.59 Å². The van der Waals surface area contributed by atoms with Crippen molar-refractivity contribution >= 4 is 5.91 Å². The van der Waals surface area contributed by atoms with Crippen molar-refractivity contribution in [2.24, 2.45) is 0 Å². The van der Waals surface area contributed by atoms with Gasteiger partial charge < -0.3 is 19.2 Å². The number of pyridine rings is 1. The molecule has 0 radical (unpaired) electrons. The van der Waals surface area contributed by atoms with Gasteiger partial charge in [0, 0.05) is 57.3 Å². The second kappa shape index (κ2) is 6.78.